The zero-order valence-electron chi connectivity index (χ0n) is 9.14. The molecule has 1 aromatic rings. The standard InChI is InChI=1S/C10H12N2O4S/c1-2-16-10(13)9-11-7-5-3-4-6-8(7)17(14,15)12-9/h3-6,9,11-12H,2H2,1H3. The van der Waals surface area contributed by atoms with Gasteiger partial charge in [-0.3, -0.25) is 0 Å². The maximum atomic E-state index is 11.8. The minimum absolute atomic E-state index is 0.126. The van der Waals surface area contributed by atoms with Crippen molar-refractivity contribution in [3.8, 4) is 0 Å². The Kier molecular flexibility index (Phi) is 3.03. The average Bonchev–Trinajstić information content (AvgIpc) is 2.28. The SMILES string of the molecule is CCOC(=O)C1Nc2ccccc2S(=O)(=O)N1. The van der Waals surface area contributed by atoms with E-state index in [4.69, 9.17) is 4.74 Å². The Morgan fingerprint density at radius 1 is 1.41 bits per heavy atom. The third kappa shape index (κ3) is 2.25. The molecule has 1 aromatic carbocycles. The van der Waals surface area contributed by atoms with Gasteiger partial charge in [0, 0.05) is 0 Å². The number of para-hydroxylation sites is 1. The quantitative estimate of drug-likeness (QED) is 0.742. The zero-order chi connectivity index (χ0) is 12.5. The normalized spacial score (nSPS) is 21.1. The molecule has 1 aliphatic heterocycles. The van der Waals surface area contributed by atoms with E-state index >= 15 is 0 Å². The van der Waals surface area contributed by atoms with Crippen molar-refractivity contribution in [1.29, 1.82) is 0 Å². The Morgan fingerprint density at radius 3 is 2.82 bits per heavy atom. The first-order valence-corrected chi connectivity index (χ1v) is 6.57. The number of carbonyl (C=O) groups is 1. The van der Waals surface area contributed by atoms with Crippen molar-refractivity contribution in [3.63, 3.8) is 0 Å². The molecule has 0 aromatic heterocycles. The van der Waals surface area contributed by atoms with Crippen LogP contribution in [0, 0.1) is 0 Å². The van der Waals surface area contributed by atoms with E-state index in [0.29, 0.717) is 5.69 Å². The van der Waals surface area contributed by atoms with Gasteiger partial charge in [0.1, 0.15) is 4.90 Å². The molecule has 0 bridgehead atoms. The monoisotopic (exact) mass is 256 g/mol. The lowest BCUT2D eigenvalue weighted by Gasteiger charge is -2.26. The first-order valence-electron chi connectivity index (χ1n) is 5.09. The fraction of sp³-hybridized carbons (Fsp3) is 0.300. The molecule has 0 fully saturated rings. The van der Waals surface area contributed by atoms with E-state index in [2.05, 4.69) is 10.0 Å². The topological polar surface area (TPSA) is 84.5 Å². The smallest absolute Gasteiger partial charge is 0.344 e. The fourth-order valence-electron chi connectivity index (χ4n) is 1.56. The first-order chi connectivity index (χ1) is 8.04. The molecule has 1 unspecified atom stereocenters. The van der Waals surface area contributed by atoms with Crippen molar-refractivity contribution < 1.29 is 17.9 Å². The van der Waals surface area contributed by atoms with Gasteiger partial charge in [-0.15, -0.1) is 0 Å². The summed E-state index contributed by atoms with van der Waals surface area (Å²) < 4.78 is 30.6. The van der Waals surface area contributed by atoms with Gasteiger partial charge in [-0.25, -0.2) is 13.2 Å². The summed E-state index contributed by atoms with van der Waals surface area (Å²) in [5.74, 6) is -0.648. The van der Waals surface area contributed by atoms with E-state index in [-0.39, 0.29) is 11.5 Å². The van der Waals surface area contributed by atoms with Gasteiger partial charge in [-0.2, -0.15) is 4.72 Å². The van der Waals surface area contributed by atoms with Crippen LogP contribution in [0.2, 0.25) is 0 Å². The van der Waals surface area contributed by atoms with Crippen LogP contribution >= 0.6 is 0 Å². The summed E-state index contributed by atoms with van der Waals surface area (Å²) in [4.78, 5) is 11.6. The van der Waals surface area contributed by atoms with Gasteiger partial charge in [0.25, 0.3) is 0 Å². The molecule has 92 valence electrons. The second-order valence-corrected chi connectivity index (χ2v) is 5.13. The number of esters is 1. The summed E-state index contributed by atoms with van der Waals surface area (Å²) in [7, 11) is -3.67. The molecule has 17 heavy (non-hydrogen) atoms. The van der Waals surface area contributed by atoms with Crippen LogP contribution < -0.4 is 10.0 Å². The van der Waals surface area contributed by atoms with Gasteiger partial charge in [0.15, 0.2) is 6.17 Å². The third-order valence-corrected chi connectivity index (χ3v) is 3.75. The van der Waals surface area contributed by atoms with Gasteiger partial charge in [0.2, 0.25) is 10.0 Å². The predicted octanol–water partition coefficient (Wildman–Crippen LogP) is 0.280. The number of nitrogens with one attached hydrogen (secondary N) is 2. The van der Waals surface area contributed by atoms with Crippen LogP contribution in [0.25, 0.3) is 0 Å². The lowest BCUT2D eigenvalue weighted by molar-refractivity contribution is -0.144. The Balaban J connectivity index is 2.35. The highest BCUT2D eigenvalue weighted by atomic mass is 32.2. The summed E-state index contributed by atoms with van der Waals surface area (Å²) in [6.45, 7) is 1.85. The van der Waals surface area contributed by atoms with Gasteiger partial charge in [-0.1, -0.05) is 12.1 Å². The molecule has 0 saturated carbocycles. The van der Waals surface area contributed by atoms with E-state index in [1.807, 2.05) is 0 Å². The molecule has 0 amide bonds. The molecule has 6 nitrogen and oxygen atoms in total. The summed E-state index contributed by atoms with van der Waals surface area (Å²) in [6, 6.07) is 6.37. The molecular weight excluding hydrogens is 244 g/mol. The van der Waals surface area contributed by atoms with Gasteiger partial charge >= 0.3 is 5.97 Å². The number of rotatable bonds is 2. The Hall–Kier alpha value is -1.60. The Bertz CT molecular complexity index is 541. The highest BCUT2D eigenvalue weighted by Gasteiger charge is 2.33. The number of anilines is 1. The van der Waals surface area contributed by atoms with E-state index in [9.17, 15) is 13.2 Å². The Morgan fingerprint density at radius 2 is 2.12 bits per heavy atom. The largest absolute Gasteiger partial charge is 0.463 e. The average molecular weight is 256 g/mol. The van der Waals surface area contributed by atoms with Gasteiger partial charge < -0.3 is 10.1 Å². The van der Waals surface area contributed by atoms with Crippen LogP contribution in [0.3, 0.4) is 0 Å². The van der Waals surface area contributed by atoms with Crippen LogP contribution in [0.15, 0.2) is 29.2 Å². The van der Waals surface area contributed by atoms with Crippen LogP contribution in [0.1, 0.15) is 6.92 Å². The third-order valence-electron chi connectivity index (χ3n) is 2.27. The van der Waals surface area contributed by atoms with Crippen LogP contribution in [-0.4, -0.2) is 27.2 Å². The molecule has 0 radical (unpaired) electrons. The molecule has 0 spiro atoms. The highest BCUT2D eigenvalue weighted by molar-refractivity contribution is 7.89. The van der Waals surface area contributed by atoms with Crippen molar-refractivity contribution in [3.05, 3.63) is 24.3 Å². The van der Waals surface area contributed by atoms with Crippen molar-refractivity contribution in [1.82, 2.24) is 4.72 Å². The first kappa shape index (κ1) is 11.9. The minimum atomic E-state index is -3.67. The molecule has 7 heteroatoms. The van der Waals surface area contributed by atoms with Crippen molar-refractivity contribution in [2.45, 2.75) is 18.0 Å². The van der Waals surface area contributed by atoms with E-state index in [1.54, 1.807) is 25.1 Å². The van der Waals surface area contributed by atoms with E-state index < -0.39 is 22.2 Å². The Labute approximate surface area is 99.0 Å². The molecule has 2 rings (SSSR count). The number of carbonyl (C=O) groups excluding carboxylic acids is 1. The molecule has 0 saturated heterocycles. The molecule has 2 N–H and O–H groups in total. The van der Waals surface area contributed by atoms with Gasteiger partial charge in [0.05, 0.1) is 12.3 Å². The maximum absolute atomic E-state index is 11.8. The summed E-state index contributed by atoms with van der Waals surface area (Å²) in [5, 5.41) is 2.77. The number of hydrogen-bond acceptors (Lipinski definition) is 5. The van der Waals surface area contributed by atoms with Crippen LogP contribution in [0.5, 0.6) is 0 Å². The lowest BCUT2D eigenvalue weighted by Crippen LogP contribution is -2.50. The maximum Gasteiger partial charge on any atom is 0.344 e. The van der Waals surface area contributed by atoms with Crippen LogP contribution in [-0.2, 0) is 19.6 Å². The summed E-state index contributed by atoms with van der Waals surface area (Å²) in [6.07, 6.45) is -1.07. The molecule has 1 atom stereocenters. The van der Waals surface area contributed by atoms with Gasteiger partial charge in [-0.05, 0) is 19.1 Å². The number of fused-ring (bicyclic) bond motifs is 1. The predicted molar refractivity (Wildman–Crippen MR) is 60.8 cm³/mol. The van der Waals surface area contributed by atoms with E-state index in [1.165, 1.54) is 6.07 Å². The lowest BCUT2D eigenvalue weighted by atomic mass is 10.3. The molecule has 0 aliphatic carbocycles. The second kappa shape index (κ2) is 4.34. The van der Waals surface area contributed by atoms with Crippen LogP contribution in [0.4, 0.5) is 5.69 Å². The molecular formula is C10H12N2O4S. The number of hydrogen-bond donors (Lipinski definition) is 2. The fourth-order valence-corrected chi connectivity index (χ4v) is 2.82. The summed E-state index contributed by atoms with van der Waals surface area (Å²) >= 11 is 0. The van der Waals surface area contributed by atoms with Crippen molar-refractivity contribution >= 4 is 21.7 Å². The molecule has 1 aliphatic rings. The minimum Gasteiger partial charge on any atom is -0.463 e. The van der Waals surface area contributed by atoms with Crippen molar-refractivity contribution in [2.24, 2.45) is 0 Å². The molecule has 1 heterocycles. The van der Waals surface area contributed by atoms with E-state index in [0.717, 1.165) is 0 Å². The number of benzene rings is 1. The number of sulfonamides is 1. The highest BCUT2D eigenvalue weighted by Crippen LogP contribution is 2.25. The second-order valence-electron chi connectivity index (χ2n) is 3.45. The van der Waals surface area contributed by atoms with Crippen molar-refractivity contribution in [2.75, 3.05) is 11.9 Å². The number of ether oxygens (including phenoxy) is 1. The summed E-state index contributed by atoms with van der Waals surface area (Å²) in [5.41, 5.74) is 0.393. The zero-order valence-corrected chi connectivity index (χ0v) is 9.95.